The van der Waals surface area contributed by atoms with Crippen LogP contribution in [0.1, 0.15) is 10.6 Å². The molecule has 0 spiro atoms. The van der Waals surface area contributed by atoms with Gasteiger partial charge < -0.3 is 5.73 Å². The molecule has 7 nitrogen and oxygen atoms in total. The third-order valence-corrected chi connectivity index (χ3v) is 2.30. The van der Waals surface area contributed by atoms with Crippen LogP contribution in [0.2, 0.25) is 0 Å². The van der Waals surface area contributed by atoms with Gasteiger partial charge in [-0.1, -0.05) is 6.07 Å². The number of hydrogen-bond acceptors (Lipinski definition) is 4. The zero-order chi connectivity index (χ0) is 11.8. The van der Waals surface area contributed by atoms with Crippen molar-refractivity contribution in [2.24, 2.45) is 5.73 Å². The van der Waals surface area contributed by atoms with Gasteiger partial charge in [0, 0.05) is 12.4 Å². The van der Waals surface area contributed by atoms with Crippen LogP contribution in [-0.2, 0) is 0 Å². The van der Waals surface area contributed by atoms with Crippen LogP contribution in [0, 0.1) is 0 Å². The van der Waals surface area contributed by atoms with Crippen molar-refractivity contribution in [3.8, 4) is 5.82 Å². The Labute approximate surface area is 95.5 Å². The number of nitrogens with two attached hydrogens (primary N) is 1. The van der Waals surface area contributed by atoms with Crippen LogP contribution in [0.25, 0.3) is 11.5 Å². The highest BCUT2D eigenvalue weighted by molar-refractivity contribution is 5.89. The molecule has 17 heavy (non-hydrogen) atoms. The summed E-state index contributed by atoms with van der Waals surface area (Å²) in [5, 5.41) is 8.14. The van der Waals surface area contributed by atoms with Gasteiger partial charge in [-0.25, -0.2) is 9.67 Å². The largest absolute Gasteiger partial charge is 0.363 e. The highest BCUT2D eigenvalue weighted by Gasteiger charge is 2.11. The lowest BCUT2D eigenvalue weighted by Crippen LogP contribution is -2.13. The predicted molar refractivity (Wildman–Crippen MR) is 58.6 cm³/mol. The molecule has 0 aliphatic heterocycles. The van der Waals surface area contributed by atoms with Crippen LogP contribution in [0.15, 0.2) is 36.7 Å². The molecule has 2 N–H and O–H groups in total. The number of carbonyl (C=O) groups is 1. The van der Waals surface area contributed by atoms with Crippen molar-refractivity contribution >= 4 is 11.6 Å². The minimum Gasteiger partial charge on any atom is -0.363 e. The zero-order valence-corrected chi connectivity index (χ0v) is 8.69. The Morgan fingerprint density at radius 3 is 2.88 bits per heavy atom. The van der Waals surface area contributed by atoms with Gasteiger partial charge in [-0.3, -0.25) is 4.79 Å². The first-order chi connectivity index (χ1) is 8.25. The van der Waals surface area contributed by atoms with E-state index in [0.717, 1.165) is 0 Å². The molecule has 3 heterocycles. The van der Waals surface area contributed by atoms with Crippen molar-refractivity contribution in [3.05, 3.63) is 42.5 Å². The van der Waals surface area contributed by atoms with Gasteiger partial charge >= 0.3 is 0 Å². The molecule has 0 radical (unpaired) electrons. The lowest BCUT2D eigenvalue weighted by molar-refractivity contribution is 0.0990. The van der Waals surface area contributed by atoms with Crippen molar-refractivity contribution in [2.75, 3.05) is 0 Å². The summed E-state index contributed by atoms with van der Waals surface area (Å²) in [5.41, 5.74) is 5.69. The molecule has 3 rings (SSSR count). The maximum absolute atomic E-state index is 11.0. The molecule has 0 aliphatic rings. The first-order valence-corrected chi connectivity index (χ1v) is 4.91. The molecule has 1 amide bonds. The van der Waals surface area contributed by atoms with E-state index >= 15 is 0 Å². The van der Waals surface area contributed by atoms with E-state index in [1.807, 2.05) is 12.1 Å². The summed E-state index contributed by atoms with van der Waals surface area (Å²) >= 11 is 0. The molecule has 0 saturated heterocycles. The summed E-state index contributed by atoms with van der Waals surface area (Å²) < 4.78 is 3.15. The minimum atomic E-state index is -0.653. The molecule has 84 valence electrons. The molecule has 0 aromatic carbocycles. The number of amides is 1. The third-order valence-electron chi connectivity index (χ3n) is 2.30. The summed E-state index contributed by atoms with van der Waals surface area (Å²) in [5.74, 6) is 0.0252. The second-order valence-electron chi connectivity index (χ2n) is 3.40. The topological polar surface area (TPSA) is 91.1 Å². The number of pyridine rings is 1. The summed E-state index contributed by atoms with van der Waals surface area (Å²) in [6.45, 7) is 0. The molecule has 3 aromatic rings. The van der Waals surface area contributed by atoms with Gasteiger partial charge in [0.25, 0.3) is 5.91 Å². The van der Waals surface area contributed by atoms with Crippen molar-refractivity contribution in [1.82, 2.24) is 24.4 Å². The maximum Gasteiger partial charge on any atom is 0.288 e. The van der Waals surface area contributed by atoms with Gasteiger partial charge in [0.1, 0.15) is 0 Å². The van der Waals surface area contributed by atoms with Crippen LogP contribution >= 0.6 is 0 Å². The van der Waals surface area contributed by atoms with Crippen LogP contribution in [-0.4, -0.2) is 30.3 Å². The predicted octanol–water partition coefficient (Wildman–Crippen LogP) is 0.0139. The number of rotatable bonds is 2. The lowest BCUT2D eigenvalue weighted by Gasteiger charge is -2.02. The Morgan fingerprint density at radius 1 is 1.29 bits per heavy atom. The van der Waals surface area contributed by atoms with Crippen LogP contribution in [0.3, 0.4) is 0 Å². The average molecular weight is 228 g/mol. The number of hydrogen-bond donors (Lipinski definition) is 1. The van der Waals surface area contributed by atoms with Crippen molar-refractivity contribution < 1.29 is 4.79 Å². The summed E-state index contributed by atoms with van der Waals surface area (Å²) in [6, 6.07) is 7.17. The number of fused-ring (bicyclic) bond motifs is 1. The van der Waals surface area contributed by atoms with Crippen LogP contribution < -0.4 is 5.73 Å². The van der Waals surface area contributed by atoms with Crippen molar-refractivity contribution in [3.63, 3.8) is 0 Å². The zero-order valence-electron chi connectivity index (χ0n) is 8.69. The second kappa shape index (κ2) is 3.41. The fourth-order valence-corrected chi connectivity index (χ4v) is 1.57. The van der Waals surface area contributed by atoms with E-state index in [9.17, 15) is 4.79 Å². The molecule has 0 aliphatic carbocycles. The highest BCUT2D eigenvalue weighted by atomic mass is 16.1. The fourth-order valence-electron chi connectivity index (χ4n) is 1.57. The number of primary amides is 1. The van der Waals surface area contributed by atoms with Gasteiger partial charge in [-0.15, -0.1) is 5.10 Å². The molecule has 0 unspecified atom stereocenters. The van der Waals surface area contributed by atoms with Crippen LogP contribution in [0.4, 0.5) is 0 Å². The molecule has 0 atom stereocenters. The molecule has 3 aromatic heterocycles. The standard InChI is InChI=1S/C10H8N6O/c11-9(17)10-13-7-3-1-4-8(16(7)14-10)15-6-2-5-12-15/h1-6H,(H2,11,17). The maximum atomic E-state index is 11.0. The molecule has 7 heteroatoms. The minimum absolute atomic E-state index is 0.00962. The van der Waals surface area contributed by atoms with Crippen molar-refractivity contribution in [1.29, 1.82) is 0 Å². The van der Waals surface area contributed by atoms with Gasteiger partial charge in [0.05, 0.1) is 0 Å². The fraction of sp³-hybridized carbons (Fsp3) is 0. The summed E-state index contributed by atoms with van der Waals surface area (Å²) in [7, 11) is 0. The van der Waals surface area contributed by atoms with Gasteiger partial charge in [0.2, 0.25) is 5.82 Å². The highest BCUT2D eigenvalue weighted by Crippen LogP contribution is 2.09. The lowest BCUT2D eigenvalue weighted by atomic mass is 10.4. The van der Waals surface area contributed by atoms with Gasteiger partial charge in [-0.05, 0) is 18.2 Å². The third kappa shape index (κ3) is 1.44. The number of nitrogens with zero attached hydrogens (tertiary/aromatic N) is 5. The molecular formula is C10H8N6O. The SMILES string of the molecule is NC(=O)c1nc2cccc(-n3cccn3)n2n1. The second-order valence-corrected chi connectivity index (χ2v) is 3.40. The van der Waals surface area contributed by atoms with E-state index < -0.39 is 5.91 Å². The first kappa shape index (κ1) is 9.52. The van der Waals surface area contributed by atoms with Gasteiger partial charge in [0.15, 0.2) is 11.5 Å². The smallest absolute Gasteiger partial charge is 0.288 e. The monoisotopic (exact) mass is 228 g/mol. The van der Waals surface area contributed by atoms with Crippen molar-refractivity contribution in [2.45, 2.75) is 0 Å². The summed E-state index contributed by atoms with van der Waals surface area (Å²) in [6.07, 6.45) is 3.44. The van der Waals surface area contributed by atoms with E-state index in [2.05, 4.69) is 15.2 Å². The summed E-state index contributed by atoms with van der Waals surface area (Å²) in [4.78, 5) is 15.0. The first-order valence-electron chi connectivity index (χ1n) is 4.91. The van der Waals surface area contributed by atoms with E-state index in [1.165, 1.54) is 4.52 Å². The normalized spacial score (nSPS) is 10.8. The molecular weight excluding hydrogens is 220 g/mol. The molecule has 0 fully saturated rings. The molecule has 0 bridgehead atoms. The van der Waals surface area contributed by atoms with Crippen LogP contribution in [0.5, 0.6) is 0 Å². The quantitative estimate of drug-likeness (QED) is 0.669. The van der Waals surface area contributed by atoms with E-state index in [4.69, 9.17) is 5.73 Å². The van der Waals surface area contributed by atoms with E-state index in [1.54, 1.807) is 29.2 Å². The number of carbonyl (C=O) groups excluding carboxylic acids is 1. The van der Waals surface area contributed by atoms with E-state index in [0.29, 0.717) is 11.5 Å². The Hall–Kier alpha value is -2.70. The Bertz CT molecular complexity index is 684. The van der Waals surface area contributed by atoms with Gasteiger partial charge in [-0.2, -0.15) is 9.61 Å². The van der Waals surface area contributed by atoms with E-state index in [-0.39, 0.29) is 5.82 Å². The Balaban J connectivity index is 2.29. The average Bonchev–Trinajstić information content (AvgIpc) is 2.97. The Kier molecular flexibility index (Phi) is 1.91. The molecule has 0 saturated carbocycles. The number of aromatic nitrogens is 5. The Morgan fingerprint density at radius 2 is 2.18 bits per heavy atom.